The number of aliphatic hydroxyl groups excluding tert-OH is 2. The van der Waals surface area contributed by atoms with E-state index in [-0.39, 0.29) is 26.3 Å². The van der Waals surface area contributed by atoms with Crippen LogP contribution in [0.3, 0.4) is 0 Å². The summed E-state index contributed by atoms with van der Waals surface area (Å²) in [6.45, 7) is -14.1. The second-order valence-electron chi connectivity index (χ2n) is 9.69. The minimum Gasteiger partial charge on any atom is -0.494 e. The molecule has 0 atom stereocenters. The maximum atomic E-state index is 11.0. The molecule has 0 unspecified atom stereocenters. The fraction of sp³-hybridized carbons (Fsp3) is 0.556. The third-order valence-corrected chi connectivity index (χ3v) is 5.79. The van der Waals surface area contributed by atoms with Crippen molar-refractivity contribution in [3.8, 4) is 11.5 Å². The van der Waals surface area contributed by atoms with E-state index >= 15 is 0 Å². The van der Waals surface area contributed by atoms with Gasteiger partial charge in [0.2, 0.25) is 11.8 Å². The fourth-order valence-electron chi connectivity index (χ4n) is 3.58. The van der Waals surface area contributed by atoms with Gasteiger partial charge in [-0.25, -0.2) is 9.59 Å². The summed E-state index contributed by atoms with van der Waals surface area (Å²) >= 11 is 0. The second-order valence-corrected chi connectivity index (χ2v) is 9.69. The number of carboxylic acid groups (broad SMARTS) is 2. The van der Waals surface area contributed by atoms with Gasteiger partial charge in [0.05, 0.1) is 13.2 Å². The monoisotopic (exact) mass is 723 g/mol. The summed E-state index contributed by atoms with van der Waals surface area (Å²) < 4.78 is 172. The van der Waals surface area contributed by atoms with Crippen molar-refractivity contribution in [3.63, 3.8) is 0 Å². The molecule has 0 aromatic heterocycles. The van der Waals surface area contributed by atoms with Crippen LogP contribution in [0.4, 0.5) is 0 Å². The van der Waals surface area contributed by atoms with Crippen molar-refractivity contribution in [1.29, 1.82) is 0 Å². The minimum absolute atomic E-state index is 0.200. The zero-order valence-electron chi connectivity index (χ0n) is 46.8. The highest BCUT2D eigenvalue weighted by Gasteiger charge is 2.12. The van der Waals surface area contributed by atoms with Gasteiger partial charge in [-0.15, -0.1) is 0 Å². The van der Waals surface area contributed by atoms with E-state index in [9.17, 15) is 9.59 Å². The van der Waals surface area contributed by atoms with E-state index in [1.807, 2.05) is 0 Å². The lowest BCUT2D eigenvalue weighted by atomic mass is 10.1. The average molecular weight is 723 g/mol. The normalized spacial score (nSPS) is 30.5. The van der Waals surface area contributed by atoms with E-state index in [1.54, 1.807) is 24.3 Å². The standard InChI is InChI=1S/2C17H26N2O3.C2H2O4/c2*20-14-17(21)18-8-5-11-22-16-7-4-6-15(12-16)13-19-9-2-1-3-10-19;3-1(4)2(5)6/h2*4,6-7,12,20H,1-3,5,8-11,13-14H2,(H,18,21);(H,3,4)(H,5,6)/i2*1D2,2D2,3D2,9D2,10D2;. The SMILES string of the molecule is O=C(O)C(=O)O.[2H]C1([2H])N(Cc2cccc(OCCCNC(=O)CO)c2)C([2H])([2H])C([2H])([2H])C([2H])([2H])C1([2H])[2H].[2H]C1([2H])N(Cc2cccc(OCCCNC(=O)CO)c2)C([2H])([2H])C([2H])([2H])C([2H])([2H])C1([2H])[2H]. The fourth-order valence-corrected chi connectivity index (χ4v) is 3.58. The summed E-state index contributed by atoms with van der Waals surface area (Å²) in [5, 5.41) is 37.0. The number of aliphatic hydroxyl groups is 2. The average Bonchev–Trinajstić information content (AvgIpc) is 3.26. The van der Waals surface area contributed by atoms with Crippen LogP contribution in [-0.2, 0) is 32.3 Å². The number of likely N-dealkylation sites (tertiary alicyclic amines) is 2. The van der Waals surface area contributed by atoms with Crippen LogP contribution in [0.5, 0.6) is 11.5 Å². The highest BCUT2D eigenvalue weighted by atomic mass is 16.5. The zero-order valence-corrected chi connectivity index (χ0v) is 26.8. The van der Waals surface area contributed by atoms with E-state index in [0.29, 0.717) is 45.3 Å². The number of aliphatic carboxylic acids is 2. The minimum atomic E-state index is -3.44. The Balaban J connectivity index is 0.000000430. The number of carbonyl (C=O) groups excluding carboxylic acids is 2. The maximum Gasteiger partial charge on any atom is 0.414 e. The lowest BCUT2D eigenvalue weighted by Gasteiger charge is -2.26. The molecule has 2 aliphatic heterocycles. The molecule has 0 saturated carbocycles. The molecule has 2 saturated heterocycles. The number of carbonyl (C=O) groups is 4. The van der Waals surface area contributed by atoms with Crippen LogP contribution >= 0.6 is 0 Å². The van der Waals surface area contributed by atoms with E-state index in [4.69, 9.17) is 66.9 Å². The molecule has 2 aromatic rings. The molecule has 50 heavy (non-hydrogen) atoms. The molecule has 2 heterocycles. The molecular formula is C36H54N4O10. The first kappa shape index (κ1) is 20.6. The molecule has 0 radical (unpaired) electrons. The number of hydrogen-bond acceptors (Lipinski definition) is 10. The van der Waals surface area contributed by atoms with Crippen molar-refractivity contribution in [2.75, 3.05) is 65.5 Å². The Hall–Kier alpha value is -4.24. The van der Waals surface area contributed by atoms with Gasteiger partial charge in [-0.1, -0.05) is 37.0 Å². The molecule has 0 aliphatic carbocycles. The Morgan fingerprint density at radius 2 is 1.02 bits per heavy atom. The topological polar surface area (TPSA) is 198 Å². The number of rotatable bonds is 16. The Morgan fingerprint density at radius 1 is 0.640 bits per heavy atom. The van der Waals surface area contributed by atoms with Gasteiger partial charge in [0, 0.05) is 53.6 Å². The van der Waals surface area contributed by atoms with E-state index in [2.05, 4.69) is 10.6 Å². The van der Waals surface area contributed by atoms with E-state index in [0.717, 1.165) is 0 Å². The van der Waals surface area contributed by atoms with Crippen LogP contribution in [0, 0.1) is 0 Å². The zero-order chi connectivity index (χ0) is 54.3. The van der Waals surface area contributed by atoms with Gasteiger partial charge in [0.15, 0.2) is 0 Å². The molecule has 0 spiro atoms. The van der Waals surface area contributed by atoms with Crippen LogP contribution < -0.4 is 20.1 Å². The first-order valence-electron chi connectivity index (χ1n) is 24.9. The second kappa shape index (κ2) is 25.7. The number of ether oxygens (including phenoxy) is 2. The van der Waals surface area contributed by atoms with Gasteiger partial charge in [0.25, 0.3) is 0 Å². The van der Waals surface area contributed by atoms with Gasteiger partial charge < -0.3 is 40.5 Å². The Morgan fingerprint density at radius 3 is 1.36 bits per heavy atom. The molecule has 2 amide bonds. The van der Waals surface area contributed by atoms with Crippen LogP contribution in [0.15, 0.2) is 48.5 Å². The largest absolute Gasteiger partial charge is 0.494 e. The highest BCUT2D eigenvalue weighted by Crippen LogP contribution is 2.19. The summed E-state index contributed by atoms with van der Waals surface area (Å²) in [5.74, 6) is -3.99. The molecule has 0 bridgehead atoms. The number of nitrogens with one attached hydrogen (secondary N) is 2. The number of piperidine rings is 2. The summed E-state index contributed by atoms with van der Waals surface area (Å²) in [6, 6.07) is 12.2. The lowest BCUT2D eigenvalue weighted by molar-refractivity contribution is -0.159. The van der Waals surface area contributed by atoms with Crippen molar-refractivity contribution in [2.45, 2.75) is 64.2 Å². The highest BCUT2D eigenvalue weighted by molar-refractivity contribution is 6.27. The molecule has 14 nitrogen and oxygen atoms in total. The van der Waals surface area contributed by atoms with Crippen molar-refractivity contribution in [1.82, 2.24) is 20.4 Å². The lowest BCUT2D eigenvalue weighted by Crippen LogP contribution is -2.29. The van der Waals surface area contributed by atoms with Gasteiger partial charge in [0.1, 0.15) is 24.7 Å². The molecule has 14 heteroatoms. The van der Waals surface area contributed by atoms with Crippen molar-refractivity contribution < 1.29 is 76.5 Å². The van der Waals surface area contributed by atoms with Gasteiger partial charge in [-0.2, -0.15) is 0 Å². The predicted molar refractivity (Wildman–Crippen MR) is 187 cm³/mol. The van der Waals surface area contributed by atoms with E-state index in [1.165, 1.54) is 24.3 Å². The molecule has 2 aliphatic rings. The third kappa shape index (κ3) is 19.7. The molecule has 2 fully saturated rings. The summed E-state index contributed by atoms with van der Waals surface area (Å²) in [6.07, 6.45) is -19.5. The summed E-state index contributed by atoms with van der Waals surface area (Å²) in [5.41, 5.74) is 0.607. The Bertz CT molecular complexity index is 1940. The van der Waals surface area contributed by atoms with Crippen molar-refractivity contribution in [3.05, 3.63) is 59.7 Å². The molecular weight excluding hydrogens is 648 g/mol. The predicted octanol–water partition coefficient (Wildman–Crippen LogP) is 2.26. The molecule has 6 N–H and O–H groups in total. The van der Waals surface area contributed by atoms with Crippen LogP contribution in [0.1, 0.15) is 89.6 Å². The Labute approximate surface area is 322 Å². The smallest absolute Gasteiger partial charge is 0.414 e. The van der Waals surface area contributed by atoms with Gasteiger partial charge >= 0.3 is 11.9 Å². The third-order valence-electron chi connectivity index (χ3n) is 5.79. The first-order chi connectivity index (χ1) is 31.7. The quantitative estimate of drug-likeness (QED) is 0.109. The van der Waals surface area contributed by atoms with E-state index < -0.39 is 114 Å². The number of amides is 2. The Kier molecular flexibility index (Phi) is 10.6. The van der Waals surface area contributed by atoms with Crippen LogP contribution in [-0.4, -0.2) is 119 Å². The van der Waals surface area contributed by atoms with Crippen LogP contribution in [0.25, 0.3) is 0 Å². The maximum absolute atomic E-state index is 11.0. The summed E-state index contributed by atoms with van der Waals surface area (Å²) in [4.78, 5) is 40.9. The van der Waals surface area contributed by atoms with Crippen molar-refractivity contribution in [2.24, 2.45) is 0 Å². The number of nitrogens with zero attached hydrogens (tertiary/aromatic N) is 2. The summed E-state index contributed by atoms with van der Waals surface area (Å²) in [7, 11) is 0. The molecule has 278 valence electrons. The number of hydrogen-bond donors (Lipinski definition) is 6. The van der Waals surface area contributed by atoms with Crippen molar-refractivity contribution >= 4 is 23.8 Å². The van der Waals surface area contributed by atoms with Crippen LogP contribution in [0.2, 0.25) is 0 Å². The molecule has 2 aromatic carbocycles. The first-order valence-corrected chi connectivity index (χ1v) is 14.9. The number of carboxylic acids is 2. The van der Waals surface area contributed by atoms with Gasteiger partial charge in [-0.3, -0.25) is 19.4 Å². The number of benzene rings is 2. The van der Waals surface area contributed by atoms with Gasteiger partial charge in [-0.05, 0) is 99.7 Å². The molecule has 4 rings (SSSR count).